The molecule has 0 fully saturated rings. The van der Waals surface area contributed by atoms with Crippen LogP contribution in [0.5, 0.6) is 0 Å². The first-order valence-corrected chi connectivity index (χ1v) is 8.15. The van der Waals surface area contributed by atoms with Crippen molar-refractivity contribution in [1.82, 2.24) is 4.98 Å². The quantitative estimate of drug-likeness (QED) is 0.684. The normalized spacial score (nSPS) is 11.6. The number of carbonyl (C=O) groups is 2. The van der Waals surface area contributed by atoms with Gasteiger partial charge in [-0.25, -0.2) is 4.79 Å². The molecule has 3 aromatic rings. The van der Waals surface area contributed by atoms with Crippen LogP contribution in [0.2, 0.25) is 5.02 Å². The lowest BCUT2D eigenvalue weighted by atomic mass is 10.2. The van der Waals surface area contributed by atoms with E-state index in [1.165, 1.54) is 19.1 Å². The maximum absolute atomic E-state index is 12.3. The van der Waals surface area contributed by atoms with Crippen LogP contribution in [0, 0.1) is 11.3 Å². The number of amides is 1. The molecule has 1 amide bonds. The van der Waals surface area contributed by atoms with Gasteiger partial charge in [0.1, 0.15) is 6.07 Å². The number of nitriles is 1. The highest BCUT2D eigenvalue weighted by Crippen LogP contribution is 2.21. The Morgan fingerprint density at radius 2 is 2.04 bits per heavy atom. The van der Waals surface area contributed by atoms with E-state index in [0.29, 0.717) is 16.8 Å². The summed E-state index contributed by atoms with van der Waals surface area (Å²) in [7, 11) is 0. The molecule has 2 N–H and O–H groups in total. The van der Waals surface area contributed by atoms with Crippen molar-refractivity contribution in [2.45, 2.75) is 13.0 Å². The molecule has 26 heavy (non-hydrogen) atoms. The van der Waals surface area contributed by atoms with Crippen LogP contribution in [-0.2, 0) is 9.53 Å². The van der Waals surface area contributed by atoms with Crippen LogP contribution in [0.3, 0.4) is 0 Å². The molecule has 7 heteroatoms. The molecule has 0 spiro atoms. The van der Waals surface area contributed by atoms with Crippen LogP contribution in [-0.4, -0.2) is 23.0 Å². The molecule has 0 saturated heterocycles. The topological polar surface area (TPSA) is 95.0 Å². The molecule has 0 saturated carbocycles. The smallest absolute Gasteiger partial charge is 0.341 e. The number of aromatic nitrogens is 1. The summed E-state index contributed by atoms with van der Waals surface area (Å²) >= 11 is 5.94. The number of fused-ring (bicyclic) bond motifs is 1. The minimum absolute atomic E-state index is 0.230. The Balaban J connectivity index is 1.68. The van der Waals surface area contributed by atoms with E-state index in [1.807, 2.05) is 24.3 Å². The summed E-state index contributed by atoms with van der Waals surface area (Å²) in [6, 6.07) is 13.8. The Labute approximate surface area is 154 Å². The van der Waals surface area contributed by atoms with Crippen molar-refractivity contribution >= 4 is 40.1 Å². The molecule has 0 aliphatic heterocycles. The van der Waals surface area contributed by atoms with Gasteiger partial charge in [-0.05, 0) is 31.2 Å². The summed E-state index contributed by atoms with van der Waals surface area (Å²) in [4.78, 5) is 27.6. The summed E-state index contributed by atoms with van der Waals surface area (Å²) in [5.41, 5.74) is 1.89. The summed E-state index contributed by atoms with van der Waals surface area (Å²) in [5, 5.41) is 12.4. The van der Waals surface area contributed by atoms with Gasteiger partial charge in [0.2, 0.25) is 0 Å². The standard InChI is InChI=1S/C19H14ClN3O3/c1-11(18(24)23-13-7-6-12(9-21)16(20)8-13)26-19(25)15-10-22-17-5-3-2-4-14(15)17/h2-8,10-11,22H,1H3,(H,23,24)/t11-/m0/s1. The molecule has 1 heterocycles. The second-order valence-electron chi connectivity index (χ2n) is 5.59. The molecular weight excluding hydrogens is 354 g/mol. The van der Waals surface area contributed by atoms with Crippen LogP contribution < -0.4 is 5.32 Å². The number of hydrogen-bond donors (Lipinski definition) is 2. The Morgan fingerprint density at radius 1 is 1.27 bits per heavy atom. The van der Waals surface area contributed by atoms with Gasteiger partial charge < -0.3 is 15.0 Å². The van der Waals surface area contributed by atoms with E-state index in [4.69, 9.17) is 21.6 Å². The molecule has 130 valence electrons. The van der Waals surface area contributed by atoms with Crippen molar-refractivity contribution in [3.05, 3.63) is 64.8 Å². The third-order valence-corrected chi connectivity index (χ3v) is 4.13. The SMILES string of the molecule is C[C@H](OC(=O)c1c[nH]c2ccccc12)C(=O)Nc1ccc(C#N)c(Cl)c1. The van der Waals surface area contributed by atoms with E-state index in [2.05, 4.69) is 10.3 Å². The predicted molar refractivity (Wildman–Crippen MR) is 98.0 cm³/mol. The molecule has 2 aromatic carbocycles. The molecule has 0 aliphatic carbocycles. The van der Waals surface area contributed by atoms with Crippen molar-refractivity contribution in [3.63, 3.8) is 0 Å². The third kappa shape index (κ3) is 3.53. The first-order chi connectivity index (χ1) is 12.5. The van der Waals surface area contributed by atoms with E-state index in [0.717, 1.165) is 10.9 Å². The second kappa shape index (κ2) is 7.30. The average molecular weight is 368 g/mol. The monoisotopic (exact) mass is 367 g/mol. The Hall–Kier alpha value is -3.30. The van der Waals surface area contributed by atoms with Crippen LogP contribution in [0.15, 0.2) is 48.7 Å². The van der Waals surface area contributed by atoms with Crippen molar-refractivity contribution in [1.29, 1.82) is 5.26 Å². The van der Waals surface area contributed by atoms with Gasteiger partial charge in [0.05, 0.1) is 16.1 Å². The van der Waals surface area contributed by atoms with E-state index < -0.39 is 18.0 Å². The third-order valence-electron chi connectivity index (χ3n) is 3.82. The Bertz CT molecular complexity index is 1040. The van der Waals surface area contributed by atoms with Crippen molar-refractivity contribution in [2.24, 2.45) is 0 Å². The van der Waals surface area contributed by atoms with Crippen LogP contribution in [0.4, 0.5) is 5.69 Å². The summed E-state index contributed by atoms with van der Waals surface area (Å²) in [6.45, 7) is 1.48. The molecule has 1 atom stereocenters. The van der Waals surface area contributed by atoms with Gasteiger partial charge in [-0.2, -0.15) is 5.26 Å². The lowest BCUT2D eigenvalue weighted by Crippen LogP contribution is -2.30. The number of para-hydroxylation sites is 1. The molecule has 0 radical (unpaired) electrons. The first kappa shape index (κ1) is 17.5. The van der Waals surface area contributed by atoms with Gasteiger partial charge in [-0.1, -0.05) is 29.8 Å². The van der Waals surface area contributed by atoms with Gasteiger partial charge in [0, 0.05) is 22.8 Å². The number of nitrogens with one attached hydrogen (secondary N) is 2. The molecule has 3 rings (SSSR count). The molecule has 0 unspecified atom stereocenters. The van der Waals surface area contributed by atoms with Crippen molar-refractivity contribution < 1.29 is 14.3 Å². The molecule has 6 nitrogen and oxygen atoms in total. The minimum Gasteiger partial charge on any atom is -0.449 e. The van der Waals surface area contributed by atoms with Gasteiger partial charge in [0.25, 0.3) is 5.91 Å². The number of rotatable bonds is 4. The zero-order valence-corrected chi connectivity index (χ0v) is 14.5. The van der Waals surface area contributed by atoms with Crippen LogP contribution in [0.1, 0.15) is 22.8 Å². The number of carbonyl (C=O) groups excluding carboxylic acids is 2. The zero-order chi connectivity index (χ0) is 18.7. The minimum atomic E-state index is -1.01. The van der Waals surface area contributed by atoms with Crippen LogP contribution in [0.25, 0.3) is 10.9 Å². The number of ether oxygens (including phenoxy) is 1. The first-order valence-electron chi connectivity index (χ1n) is 7.77. The fourth-order valence-electron chi connectivity index (χ4n) is 2.45. The summed E-state index contributed by atoms with van der Waals surface area (Å²) in [6.07, 6.45) is 0.545. The van der Waals surface area contributed by atoms with E-state index >= 15 is 0 Å². The maximum Gasteiger partial charge on any atom is 0.341 e. The summed E-state index contributed by atoms with van der Waals surface area (Å²) < 4.78 is 5.26. The second-order valence-corrected chi connectivity index (χ2v) is 6.00. The molecule has 0 bridgehead atoms. The number of aromatic amines is 1. The number of esters is 1. The van der Waals surface area contributed by atoms with E-state index in [9.17, 15) is 9.59 Å². The lowest BCUT2D eigenvalue weighted by molar-refractivity contribution is -0.123. The molecule has 0 aliphatic rings. The largest absolute Gasteiger partial charge is 0.449 e. The highest BCUT2D eigenvalue weighted by molar-refractivity contribution is 6.32. The fraction of sp³-hybridized carbons (Fsp3) is 0.105. The number of anilines is 1. The van der Waals surface area contributed by atoms with Crippen LogP contribution >= 0.6 is 11.6 Å². The molecule has 1 aromatic heterocycles. The average Bonchev–Trinajstić information content (AvgIpc) is 3.06. The van der Waals surface area contributed by atoms with Gasteiger partial charge >= 0.3 is 5.97 Å². The highest BCUT2D eigenvalue weighted by Gasteiger charge is 2.21. The van der Waals surface area contributed by atoms with Crippen molar-refractivity contribution in [3.8, 4) is 6.07 Å². The lowest BCUT2D eigenvalue weighted by Gasteiger charge is -2.13. The van der Waals surface area contributed by atoms with Gasteiger partial charge in [-0.3, -0.25) is 4.79 Å². The molecular formula is C19H14ClN3O3. The number of H-pyrrole nitrogens is 1. The van der Waals surface area contributed by atoms with Gasteiger partial charge in [0.15, 0.2) is 6.10 Å². The number of benzene rings is 2. The maximum atomic E-state index is 12.3. The fourth-order valence-corrected chi connectivity index (χ4v) is 2.67. The highest BCUT2D eigenvalue weighted by atomic mass is 35.5. The van der Waals surface area contributed by atoms with Crippen molar-refractivity contribution in [2.75, 3.05) is 5.32 Å². The number of hydrogen-bond acceptors (Lipinski definition) is 4. The number of halogens is 1. The summed E-state index contributed by atoms with van der Waals surface area (Å²) in [5.74, 6) is -1.10. The van der Waals surface area contributed by atoms with Gasteiger partial charge in [-0.15, -0.1) is 0 Å². The number of nitrogens with zero attached hydrogens (tertiary/aromatic N) is 1. The predicted octanol–water partition coefficient (Wildman–Crippen LogP) is 3.88. The van der Waals surface area contributed by atoms with E-state index in [1.54, 1.807) is 18.3 Å². The zero-order valence-electron chi connectivity index (χ0n) is 13.7. The van der Waals surface area contributed by atoms with E-state index in [-0.39, 0.29) is 5.02 Å². The Kier molecular flexibility index (Phi) is 4.92. The Morgan fingerprint density at radius 3 is 2.77 bits per heavy atom.